The Morgan fingerprint density at radius 3 is 1.49 bits per heavy atom. The van der Waals surface area contributed by atoms with Crippen LogP contribution < -0.4 is 0 Å². The minimum Gasteiger partial charge on any atom is -0.465 e. The van der Waals surface area contributed by atoms with E-state index in [2.05, 4.69) is 25.7 Å². The number of ether oxygens (including phenoxy) is 1. The average molecular weight is 611 g/mol. The molecule has 0 aliphatic heterocycles. The lowest BCUT2D eigenvalue weighted by Gasteiger charge is -2.21. The Morgan fingerprint density at radius 1 is 0.535 bits per heavy atom. The number of carbonyl (C=O) groups excluding carboxylic acids is 2. The quantitative estimate of drug-likeness (QED) is 0.0418. The molecule has 0 aliphatic rings. The van der Waals surface area contributed by atoms with E-state index in [0.29, 0.717) is 13.0 Å². The SMILES string of the molecule is CCCCCCCCC(CCCCCC)C(=O)OCCCCCCCCN(CCCCCCC)OC(=O)CCCN(C)C. The standard InChI is InChI=1S/C37H74N2O4/c1-6-9-12-15-18-23-29-35(28-22-14-11-8-3)37(41)42-34-26-21-17-16-20-25-33-39(32-24-19-13-10-7-2)43-36(40)30-27-31-38(4)5/h35H,6-34H2,1-5H3. The van der Waals surface area contributed by atoms with Gasteiger partial charge in [-0.25, -0.2) is 0 Å². The maximum absolute atomic E-state index is 12.8. The van der Waals surface area contributed by atoms with E-state index in [1.54, 1.807) is 0 Å². The van der Waals surface area contributed by atoms with Gasteiger partial charge in [-0.15, -0.1) is 5.06 Å². The number of hydrogen-bond donors (Lipinski definition) is 0. The molecular weight excluding hydrogens is 536 g/mol. The predicted octanol–water partition coefficient (Wildman–Crippen LogP) is 10.3. The van der Waals surface area contributed by atoms with E-state index in [1.165, 1.54) is 83.5 Å². The lowest BCUT2D eigenvalue weighted by molar-refractivity contribution is -0.191. The second-order valence-electron chi connectivity index (χ2n) is 13.1. The number of hydrogen-bond acceptors (Lipinski definition) is 6. The summed E-state index contributed by atoms with van der Waals surface area (Å²) in [4.78, 5) is 33.0. The molecule has 0 aliphatic carbocycles. The zero-order valence-electron chi connectivity index (χ0n) is 29.6. The topological polar surface area (TPSA) is 59.1 Å². The van der Waals surface area contributed by atoms with E-state index in [4.69, 9.17) is 9.57 Å². The first kappa shape index (κ1) is 41.9. The molecule has 0 saturated heterocycles. The molecule has 0 aromatic heterocycles. The first-order chi connectivity index (χ1) is 20.9. The number of rotatable bonds is 33. The van der Waals surface area contributed by atoms with Crippen molar-refractivity contribution in [3.05, 3.63) is 0 Å². The average Bonchev–Trinajstić information content (AvgIpc) is 2.98. The van der Waals surface area contributed by atoms with Crippen LogP contribution in [0.1, 0.15) is 181 Å². The molecule has 0 radical (unpaired) electrons. The van der Waals surface area contributed by atoms with Gasteiger partial charge in [-0.05, 0) is 59.2 Å². The van der Waals surface area contributed by atoms with Crippen molar-refractivity contribution in [3.8, 4) is 0 Å². The van der Waals surface area contributed by atoms with Crippen molar-refractivity contribution in [2.45, 2.75) is 181 Å². The van der Waals surface area contributed by atoms with Crippen molar-refractivity contribution in [3.63, 3.8) is 0 Å². The second kappa shape index (κ2) is 32.3. The van der Waals surface area contributed by atoms with Crippen LogP contribution in [0.25, 0.3) is 0 Å². The smallest absolute Gasteiger partial charge is 0.325 e. The van der Waals surface area contributed by atoms with E-state index in [1.807, 2.05) is 19.2 Å². The van der Waals surface area contributed by atoms with E-state index in [0.717, 1.165) is 90.3 Å². The summed E-state index contributed by atoms with van der Waals surface area (Å²) in [6, 6.07) is 0. The number of nitrogens with zero attached hydrogens (tertiary/aromatic N) is 2. The fraction of sp³-hybridized carbons (Fsp3) is 0.946. The third kappa shape index (κ3) is 29.3. The van der Waals surface area contributed by atoms with E-state index < -0.39 is 0 Å². The van der Waals surface area contributed by atoms with E-state index >= 15 is 0 Å². The Kier molecular flexibility index (Phi) is 31.4. The maximum Gasteiger partial charge on any atom is 0.325 e. The molecule has 1 atom stereocenters. The summed E-state index contributed by atoms with van der Waals surface area (Å²) in [5.74, 6) is 0.0518. The molecule has 0 heterocycles. The summed E-state index contributed by atoms with van der Waals surface area (Å²) >= 11 is 0. The van der Waals surface area contributed by atoms with Crippen LogP contribution in [0.2, 0.25) is 0 Å². The van der Waals surface area contributed by atoms with Gasteiger partial charge in [0.25, 0.3) is 0 Å². The Hall–Kier alpha value is -1.14. The van der Waals surface area contributed by atoms with Crippen LogP contribution >= 0.6 is 0 Å². The first-order valence-electron chi connectivity index (χ1n) is 18.7. The highest BCUT2D eigenvalue weighted by Crippen LogP contribution is 2.21. The highest BCUT2D eigenvalue weighted by Gasteiger charge is 2.19. The second-order valence-corrected chi connectivity index (χ2v) is 13.1. The Balaban J connectivity index is 4.21. The molecular formula is C37H74N2O4. The molecule has 0 aromatic rings. The fourth-order valence-electron chi connectivity index (χ4n) is 5.58. The number of carbonyl (C=O) groups is 2. The van der Waals surface area contributed by atoms with Crippen molar-refractivity contribution >= 4 is 11.9 Å². The highest BCUT2D eigenvalue weighted by atomic mass is 16.7. The summed E-state index contributed by atoms with van der Waals surface area (Å²) in [6.45, 7) is 9.86. The van der Waals surface area contributed by atoms with Gasteiger partial charge in [0, 0.05) is 19.5 Å². The van der Waals surface area contributed by atoms with Gasteiger partial charge in [0.1, 0.15) is 0 Å². The molecule has 0 N–H and O–H groups in total. The molecule has 0 amide bonds. The third-order valence-corrected chi connectivity index (χ3v) is 8.42. The van der Waals surface area contributed by atoms with Crippen molar-refractivity contribution in [1.82, 2.24) is 9.96 Å². The minimum absolute atomic E-state index is 0.0519. The summed E-state index contributed by atoms with van der Waals surface area (Å²) in [7, 11) is 4.06. The lowest BCUT2D eigenvalue weighted by Crippen LogP contribution is -2.30. The van der Waals surface area contributed by atoms with Gasteiger partial charge in [-0.1, -0.05) is 136 Å². The summed E-state index contributed by atoms with van der Waals surface area (Å²) in [5, 5.41) is 1.92. The van der Waals surface area contributed by atoms with Gasteiger partial charge >= 0.3 is 11.9 Å². The normalized spacial score (nSPS) is 12.3. The highest BCUT2D eigenvalue weighted by molar-refractivity contribution is 5.72. The molecule has 256 valence electrons. The predicted molar refractivity (Wildman–Crippen MR) is 183 cm³/mol. The fourth-order valence-corrected chi connectivity index (χ4v) is 5.58. The van der Waals surface area contributed by atoms with Crippen LogP contribution in [0.3, 0.4) is 0 Å². The van der Waals surface area contributed by atoms with Gasteiger partial charge < -0.3 is 14.5 Å². The zero-order chi connectivity index (χ0) is 31.8. The molecule has 6 nitrogen and oxygen atoms in total. The largest absolute Gasteiger partial charge is 0.465 e. The molecule has 0 rings (SSSR count). The molecule has 1 unspecified atom stereocenters. The Morgan fingerprint density at radius 2 is 0.977 bits per heavy atom. The van der Waals surface area contributed by atoms with Crippen LogP contribution in [0, 0.1) is 5.92 Å². The molecule has 0 fully saturated rings. The maximum atomic E-state index is 12.8. The molecule has 0 aromatic carbocycles. The monoisotopic (exact) mass is 611 g/mol. The third-order valence-electron chi connectivity index (χ3n) is 8.42. The Bertz CT molecular complexity index is 613. The van der Waals surface area contributed by atoms with Crippen molar-refractivity contribution in [2.75, 3.05) is 40.3 Å². The van der Waals surface area contributed by atoms with Gasteiger partial charge in [0.05, 0.1) is 12.5 Å². The first-order valence-corrected chi connectivity index (χ1v) is 18.7. The summed E-state index contributed by atoms with van der Waals surface area (Å²) in [5.41, 5.74) is 0. The molecule has 0 bridgehead atoms. The van der Waals surface area contributed by atoms with Crippen LogP contribution in [0.15, 0.2) is 0 Å². The van der Waals surface area contributed by atoms with Crippen LogP contribution in [0.4, 0.5) is 0 Å². The number of esters is 1. The Labute approximate surface area is 268 Å². The van der Waals surface area contributed by atoms with Crippen LogP contribution in [-0.4, -0.2) is 62.2 Å². The molecule has 6 heteroatoms. The van der Waals surface area contributed by atoms with E-state index in [-0.39, 0.29) is 17.9 Å². The van der Waals surface area contributed by atoms with Crippen molar-refractivity contribution < 1.29 is 19.2 Å². The van der Waals surface area contributed by atoms with Crippen molar-refractivity contribution in [2.24, 2.45) is 5.92 Å². The molecule has 0 spiro atoms. The number of unbranched alkanes of at least 4 members (excludes halogenated alkanes) is 17. The number of hydroxylamine groups is 2. The zero-order valence-corrected chi connectivity index (χ0v) is 29.6. The molecule has 0 saturated carbocycles. The minimum atomic E-state index is -0.0971. The van der Waals surface area contributed by atoms with Gasteiger partial charge in [0.15, 0.2) is 0 Å². The van der Waals surface area contributed by atoms with Gasteiger partial charge in [0.2, 0.25) is 0 Å². The van der Waals surface area contributed by atoms with Gasteiger partial charge in [-0.2, -0.15) is 0 Å². The lowest BCUT2D eigenvalue weighted by atomic mass is 9.94. The summed E-state index contributed by atoms with van der Waals surface area (Å²) in [6.07, 6.45) is 28.5. The van der Waals surface area contributed by atoms with Crippen LogP contribution in [0.5, 0.6) is 0 Å². The molecule has 43 heavy (non-hydrogen) atoms. The van der Waals surface area contributed by atoms with Crippen molar-refractivity contribution in [1.29, 1.82) is 0 Å². The summed E-state index contributed by atoms with van der Waals surface area (Å²) < 4.78 is 5.76. The van der Waals surface area contributed by atoms with E-state index in [9.17, 15) is 9.59 Å². The van der Waals surface area contributed by atoms with Crippen LogP contribution in [-0.2, 0) is 19.2 Å². The van der Waals surface area contributed by atoms with Gasteiger partial charge in [-0.3, -0.25) is 9.59 Å².